The van der Waals surface area contributed by atoms with Crippen LogP contribution in [0.15, 0.2) is 24.4 Å². The minimum atomic E-state index is -0.259. The zero-order chi connectivity index (χ0) is 8.72. The minimum absolute atomic E-state index is 0.259. The lowest BCUT2D eigenvalue weighted by molar-refractivity contribution is 0.640. The van der Waals surface area contributed by atoms with Gasteiger partial charge in [0.2, 0.25) is 0 Å². The average Bonchev–Trinajstić information content (AvgIpc) is 2.29. The second-order valence-electron chi connectivity index (χ2n) is 2.83. The van der Waals surface area contributed by atoms with Crippen LogP contribution in [-0.4, -0.2) is 4.57 Å². The molecule has 0 saturated carbocycles. The van der Waals surface area contributed by atoms with E-state index in [0.717, 1.165) is 5.52 Å². The van der Waals surface area contributed by atoms with E-state index in [4.69, 9.17) is 5.73 Å². The van der Waals surface area contributed by atoms with Gasteiger partial charge in [-0.2, -0.15) is 0 Å². The fraction of sp³-hybridized carbons (Fsp3) is 0.111. The molecule has 1 aromatic heterocycles. The number of anilines is 1. The molecular weight excluding hydrogens is 155 g/mol. The Morgan fingerprint density at radius 1 is 1.42 bits per heavy atom. The molecule has 2 rings (SSSR count). The topological polar surface area (TPSA) is 30.9 Å². The lowest BCUT2D eigenvalue weighted by Crippen LogP contribution is -1.83. The molecule has 12 heavy (non-hydrogen) atoms. The molecule has 62 valence electrons. The van der Waals surface area contributed by atoms with Crippen LogP contribution in [0, 0.1) is 5.82 Å². The predicted molar refractivity (Wildman–Crippen MR) is 47.3 cm³/mol. The molecule has 0 atom stereocenters. The zero-order valence-corrected chi connectivity index (χ0v) is 6.71. The maximum Gasteiger partial charge on any atom is 0.134 e. The van der Waals surface area contributed by atoms with Gasteiger partial charge in [0.15, 0.2) is 0 Å². The van der Waals surface area contributed by atoms with Gasteiger partial charge in [-0.05, 0) is 12.1 Å². The first-order valence-electron chi connectivity index (χ1n) is 3.69. The third-order valence-corrected chi connectivity index (χ3v) is 1.99. The summed E-state index contributed by atoms with van der Waals surface area (Å²) >= 11 is 0. The Balaban J connectivity index is 2.99. The average molecular weight is 164 g/mol. The molecular formula is C9H9FN2. The van der Waals surface area contributed by atoms with Crippen LogP contribution in [0.3, 0.4) is 0 Å². The molecule has 0 saturated heterocycles. The number of hydrogen-bond donors (Lipinski definition) is 1. The van der Waals surface area contributed by atoms with E-state index in [0.29, 0.717) is 11.1 Å². The zero-order valence-electron chi connectivity index (χ0n) is 6.71. The highest BCUT2D eigenvalue weighted by Gasteiger charge is 2.06. The van der Waals surface area contributed by atoms with Crippen LogP contribution < -0.4 is 5.73 Å². The predicted octanol–water partition coefficient (Wildman–Crippen LogP) is 1.90. The molecule has 0 aliphatic heterocycles. The van der Waals surface area contributed by atoms with E-state index >= 15 is 0 Å². The van der Waals surface area contributed by atoms with Gasteiger partial charge < -0.3 is 10.3 Å². The van der Waals surface area contributed by atoms with Crippen molar-refractivity contribution in [3.63, 3.8) is 0 Å². The summed E-state index contributed by atoms with van der Waals surface area (Å²) in [4.78, 5) is 0. The molecule has 0 spiro atoms. The molecule has 2 aromatic rings. The fourth-order valence-electron chi connectivity index (χ4n) is 1.44. The Labute approximate surface area is 69.4 Å². The molecule has 0 amide bonds. The quantitative estimate of drug-likeness (QED) is 0.633. The van der Waals surface area contributed by atoms with Crippen LogP contribution in [0.2, 0.25) is 0 Å². The van der Waals surface area contributed by atoms with Crippen molar-refractivity contribution in [3.8, 4) is 0 Å². The van der Waals surface area contributed by atoms with Crippen molar-refractivity contribution >= 4 is 16.6 Å². The number of aryl methyl sites for hydroxylation is 1. The van der Waals surface area contributed by atoms with Crippen LogP contribution in [0.4, 0.5) is 10.1 Å². The summed E-state index contributed by atoms with van der Waals surface area (Å²) in [6, 6.07) is 4.94. The Morgan fingerprint density at radius 2 is 2.17 bits per heavy atom. The summed E-state index contributed by atoms with van der Waals surface area (Å²) in [6.45, 7) is 0. The van der Waals surface area contributed by atoms with Crippen LogP contribution in [-0.2, 0) is 7.05 Å². The van der Waals surface area contributed by atoms with E-state index in [2.05, 4.69) is 0 Å². The van der Waals surface area contributed by atoms with Gasteiger partial charge >= 0.3 is 0 Å². The van der Waals surface area contributed by atoms with Crippen LogP contribution in [0.25, 0.3) is 10.9 Å². The van der Waals surface area contributed by atoms with Gasteiger partial charge in [-0.3, -0.25) is 0 Å². The van der Waals surface area contributed by atoms with E-state index in [-0.39, 0.29) is 5.82 Å². The molecule has 0 aliphatic carbocycles. The summed E-state index contributed by atoms with van der Waals surface area (Å²) in [6.07, 6.45) is 1.72. The number of aromatic nitrogens is 1. The van der Waals surface area contributed by atoms with Crippen LogP contribution in [0.5, 0.6) is 0 Å². The molecule has 2 nitrogen and oxygen atoms in total. The highest BCUT2D eigenvalue weighted by atomic mass is 19.1. The maximum absolute atomic E-state index is 13.2. The number of nitrogens with zero attached hydrogens (tertiary/aromatic N) is 1. The summed E-state index contributed by atoms with van der Waals surface area (Å²) in [5, 5.41) is 0.514. The third-order valence-electron chi connectivity index (χ3n) is 1.99. The van der Waals surface area contributed by atoms with Crippen molar-refractivity contribution in [1.29, 1.82) is 0 Å². The minimum Gasteiger partial charge on any atom is -0.397 e. The van der Waals surface area contributed by atoms with E-state index < -0.39 is 0 Å². The summed E-state index contributed by atoms with van der Waals surface area (Å²) in [7, 11) is 1.85. The molecule has 0 radical (unpaired) electrons. The molecule has 0 unspecified atom stereocenters. The standard InChI is InChI=1S/C9H9FN2/c1-12-5-7(11)9-6(10)3-2-4-8(9)12/h2-5H,11H2,1H3. The number of hydrogen-bond acceptors (Lipinski definition) is 1. The highest BCUT2D eigenvalue weighted by molar-refractivity contribution is 5.92. The normalized spacial score (nSPS) is 10.8. The molecule has 3 heteroatoms. The van der Waals surface area contributed by atoms with E-state index in [9.17, 15) is 4.39 Å². The largest absolute Gasteiger partial charge is 0.397 e. The number of halogens is 1. The van der Waals surface area contributed by atoms with Gasteiger partial charge in [-0.1, -0.05) is 6.07 Å². The lowest BCUT2D eigenvalue weighted by atomic mass is 10.2. The number of benzene rings is 1. The SMILES string of the molecule is Cn1cc(N)c2c(F)cccc21. The van der Waals surface area contributed by atoms with E-state index in [1.807, 2.05) is 17.7 Å². The van der Waals surface area contributed by atoms with Gasteiger partial charge in [-0.15, -0.1) is 0 Å². The van der Waals surface area contributed by atoms with E-state index in [1.165, 1.54) is 6.07 Å². The number of nitrogens with two attached hydrogens (primary N) is 1. The number of rotatable bonds is 0. The fourth-order valence-corrected chi connectivity index (χ4v) is 1.44. The van der Waals surface area contributed by atoms with Crippen molar-refractivity contribution in [3.05, 3.63) is 30.2 Å². The summed E-state index contributed by atoms with van der Waals surface area (Å²) < 4.78 is 15.0. The molecule has 1 heterocycles. The lowest BCUT2D eigenvalue weighted by Gasteiger charge is -1.95. The smallest absolute Gasteiger partial charge is 0.134 e. The summed E-state index contributed by atoms with van der Waals surface area (Å²) in [5.74, 6) is -0.259. The van der Waals surface area contributed by atoms with Crippen molar-refractivity contribution in [1.82, 2.24) is 4.57 Å². The summed E-state index contributed by atoms with van der Waals surface area (Å²) in [5.41, 5.74) is 6.93. The second-order valence-corrected chi connectivity index (χ2v) is 2.83. The Morgan fingerprint density at radius 3 is 2.83 bits per heavy atom. The first-order chi connectivity index (χ1) is 5.70. The van der Waals surface area contributed by atoms with Gasteiger partial charge in [-0.25, -0.2) is 4.39 Å². The van der Waals surface area contributed by atoms with Gasteiger partial charge in [0, 0.05) is 13.2 Å². The molecule has 0 fully saturated rings. The van der Waals surface area contributed by atoms with Gasteiger partial charge in [0.25, 0.3) is 0 Å². The van der Waals surface area contributed by atoms with E-state index in [1.54, 1.807) is 12.3 Å². The van der Waals surface area contributed by atoms with Gasteiger partial charge in [0.1, 0.15) is 5.82 Å². The Hall–Kier alpha value is -1.51. The molecule has 2 N–H and O–H groups in total. The maximum atomic E-state index is 13.2. The first kappa shape index (κ1) is 7.16. The molecule has 1 aromatic carbocycles. The highest BCUT2D eigenvalue weighted by Crippen LogP contribution is 2.24. The molecule has 0 aliphatic rings. The Bertz CT molecular complexity index is 431. The first-order valence-corrected chi connectivity index (χ1v) is 3.69. The Kier molecular flexibility index (Phi) is 1.33. The monoisotopic (exact) mass is 164 g/mol. The van der Waals surface area contributed by atoms with Crippen LogP contribution >= 0.6 is 0 Å². The number of nitrogen functional groups attached to an aromatic ring is 1. The van der Waals surface area contributed by atoms with Crippen LogP contribution in [0.1, 0.15) is 0 Å². The van der Waals surface area contributed by atoms with Crippen molar-refractivity contribution in [2.45, 2.75) is 0 Å². The van der Waals surface area contributed by atoms with Crippen molar-refractivity contribution < 1.29 is 4.39 Å². The molecule has 0 bridgehead atoms. The second kappa shape index (κ2) is 2.24. The van der Waals surface area contributed by atoms with Gasteiger partial charge in [0.05, 0.1) is 16.6 Å². The third kappa shape index (κ3) is 0.794. The van der Waals surface area contributed by atoms with Crippen molar-refractivity contribution in [2.75, 3.05) is 5.73 Å². The number of fused-ring (bicyclic) bond motifs is 1. The van der Waals surface area contributed by atoms with Crippen molar-refractivity contribution in [2.24, 2.45) is 7.05 Å².